The summed E-state index contributed by atoms with van der Waals surface area (Å²) < 4.78 is 1.06. The van der Waals surface area contributed by atoms with E-state index < -0.39 is 0 Å². The van der Waals surface area contributed by atoms with Crippen molar-refractivity contribution in [3.05, 3.63) is 64.7 Å². The number of aryl methyl sites for hydroxylation is 1. The number of carbonyl (C=O) groups excluding carboxylic acids is 1. The largest absolute Gasteiger partial charge is 0.396 e. The predicted molar refractivity (Wildman–Crippen MR) is 112 cm³/mol. The number of amides is 1. The van der Waals surface area contributed by atoms with E-state index in [2.05, 4.69) is 22.0 Å². The summed E-state index contributed by atoms with van der Waals surface area (Å²) in [5.41, 5.74) is 2.70. The first kappa shape index (κ1) is 17.8. The minimum absolute atomic E-state index is 0.101. The van der Waals surface area contributed by atoms with Crippen molar-refractivity contribution in [1.82, 2.24) is 9.88 Å². The molecule has 28 heavy (non-hydrogen) atoms. The third kappa shape index (κ3) is 2.76. The van der Waals surface area contributed by atoms with Crippen LogP contribution in [0.25, 0.3) is 10.2 Å². The molecule has 144 valence electrons. The molecule has 2 aliphatic rings. The summed E-state index contributed by atoms with van der Waals surface area (Å²) in [5, 5.41) is 11.4. The Labute approximate surface area is 168 Å². The number of thiazole rings is 1. The summed E-state index contributed by atoms with van der Waals surface area (Å²) >= 11 is 1.63. The highest BCUT2D eigenvalue weighted by atomic mass is 32.1. The number of aromatic nitrogens is 1. The van der Waals surface area contributed by atoms with Crippen LogP contribution in [0.4, 0.5) is 0 Å². The SMILES string of the molecule is Cc1nc2ccc(C(=O)N3[C@H]4CC[C@@H]3[C@@](CO)(Cc3ccccc3)C4)cc2s1. The van der Waals surface area contributed by atoms with Gasteiger partial charge in [0, 0.05) is 23.1 Å². The van der Waals surface area contributed by atoms with Gasteiger partial charge in [-0.2, -0.15) is 0 Å². The molecular formula is C23H24N2O2S. The third-order valence-corrected chi connectivity index (χ3v) is 7.48. The van der Waals surface area contributed by atoms with Crippen LogP contribution in [0.2, 0.25) is 0 Å². The van der Waals surface area contributed by atoms with Gasteiger partial charge in [0.25, 0.3) is 5.91 Å². The van der Waals surface area contributed by atoms with E-state index in [1.54, 1.807) is 11.3 Å². The van der Waals surface area contributed by atoms with Crippen LogP contribution in [0.3, 0.4) is 0 Å². The van der Waals surface area contributed by atoms with Gasteiger partial charge in [-0.05, 0) is 56.4 Å². The molecule has 2 fully saturated rings. The Morgan fingerprint density at radius 1 is 1.25 bits per heavy atom. The molecule has 2 aromatic carbocycles. The van der Waals surface area contributed by atoms with Gasteiger partial charge in [-0.15, -0.1) is 11.3 Å². The first-order valence-electron chi connectivity index (χ1n) is 9.94. The van der Waals surface area contributed by atoms with Crippen LogP contribution >= 0.6 is 11.3 Å². The lowest BCUT2D eigenvalue weighted by Crippen LogP contribution is -2.43. The highest BCUT2D eigenvalue weighted by molar-refractivity contribution is 7.18. The minimum atomic E-state index is -0.231. The van der Waals surface area contributed by atoms with E-state index in [1.165, 1.54) is 5.56 Å². The van der Waals surface area contributed by atoms with Gasteiger partial charge in [-0.1, -0.05) is 30.3 Å². The maximum absolute atomic E-state index is 13.4. The molecule has 5 heteroatoms. The molecule has 0 aliphatic carbocycles. The van der Waals surface area contributed by atoms with Crippen molar-refractivity contribution < 1.29 is 9.90 Å². The Morgan fingerprint density at radius 2 is 2.07 bits per heavy atom. The lowest BCUT2D eigenvalue weighted by atomic mass is 9.70. The first-order valence-corrected chi connectivity index (χ1v) is 10.8. The smallest absolute Gasteiger partial charge is 0.254 e. The molecule has 0 spiro atoms. The van der Waals surface area contributed by atoms with E-state index >= 15 is 0 Å². The van der Waals surface area contributed by atoms with Crippen molar-refractivity contribution in [2.24, 2.45) is 5.41 Å². The van der Waals surface area contributed by atoms with Crippen LogP contribution in [0.1, 0.15) is 40.2 Å². The second kappa shape index (κ2) is 6.68. The topological polar surface area (TPSA) is 53.4 Å². The Bertz CT molecular complexity index is 1030. The summed E-state index contributed by atoms with van der Waals surface area (Å²) in [5.74, 6) is 0.101. The van der Waals surface area contributed by atoms with E-state index in [0.29, 0.717) is 0 Å². The predicted octanol–water partition coefficient (Wildman–Crippen LogP) is 4.20. The second-order valence-corrected chi connectivity index (χ2v) is 9.50. The highest BCUT2D eigenvalue weighted by Gasteiger charge is 2.57. The van der Waals surface area contributed by atoms with Gasteiger partial charge < -0.3 is 10.0 Å². The van der Waals surface area contributed by atoms with Crippen LogP contribution in [0.15, 0.2) is 48.5 Å². The lowest BCUT2D eigenvalue weighted by molar-refractivity contribution is 0.0571. The number of hydrogen-bond acceptors (Lipinski definition) is 4. The fraction of sp³-hybridized carbons (Fsp3) is 0.391. The lowest BCUT2D eigenvalue weighted by Gasteiger charge is -2.36. The number of aliphatic hydroxyl groups is 1. The van der Waals surface area contributed by atoms with Gasteiger partial charge in [0.2, 0.25) is 0 Å². The van der Waals surface area contributed by atoms with Crippen molar-refractivity contribution >= 4 is 27.5 Å². The Kier molecular flexibility index (Phi) is 4.25. The molecule has 4 nitrogen and oxygen atoms in total. The number of aliphatic hydroxyl groups excluding tert-OH is 1. The summed E-state index contributed by atoms with van der Waals surface area (Å²) in [4.78, 5) is 20.0. The number of hydrogen-bond donors (Lipinski definition) is 1. The zero-order valence-corrected chi connectivity index (χ0v) is 16.8. The highest BCUT2D eigenvalue weighted by Crippen LogP contribution is 2.51. The zero-order chi connectivity index (χ0) is 19.3. The number of nitrogens with zero attached hydrogens (tertiary/aromatic N) is 2. The molecular weight excluding hydrogens is 368 g/mol. The molecule has 2 bridgehead atoms. The zero-order valence-electron chi connectivity index (χ0n) is 16.0. The van der Waals surface area contributed by atoms with Crippen LogP contribution < -0.4 is 0 Å². The molecule has 1 N–H and O–H groups in total. The van der Waals surface area contributed by atoms with Crippen LogP contribution in [0.5, 0.6) is 0 Å². The van der Waals surface area contributed by atoms with E-state index in [0.717, 1.165) is 46.5 Å². The van der Waals surface area contributed by atoms with Crippen molar-refractivity contribution in [3.8, 4) is 0 Å². The average molecular weight is 393 g/mol. The molecule has 1 amide bonds. The van der Waals surface area contributed by atoms with Crippen molar-refractivity contribution in [2.75, 3.05) is 6.61 Å². The van der Waals surface area contributed by atoms with Crippen LogP contribution in [-0.4, -0.2) is 39.6 Å². The summed E-state index contributed by atoms with van der Waals surface area (Å²) in [7, 11) is 0. The van der Waals surface area contributed by atoms with Gasteiger partial charge in [-0.25, -0.2) is 4.98 Å². The Morgan fingerprint density at radius 3 is 2.86 bits per heavy atom. The van der Waals surface area contributed by atoms with Gasteiger partial charge in [-0.3, -0.25) is 4.79 Å². The Balaban J connectivity index is 1.46. The van der Waals surface area contributed by atoms with Crippen LogP contribution in [-0.2, 0) is 6.42 Å². The molecule has 0 saturated carbocycles. The normalized spacial score (nSPS) is 26.3. The molecule has 1 aromatic heterocycles. The minimum Gasteiger partial charge on any atom is -0.396 e. The Hall–Kier alpha value is -2.24. The fourth-order valence-electron chi connectivity index (χ4n) is 5.34. The fourth-order valence-corrected chi connectivity index (χ4v) is 6.20. The number of carbonyl (C=O) groups is 1. The summed E-state index contributed by atoms with van der Waals surface area (Å²) in [6, 6.07) is 16.5. The van der Waals surface area contributed by atoms with Gasteiger partial charge in [0.1, 0.15) is 0 Å². The molecule has 0 radical (unpaired) electrons. The summed E-state index contributed by atoms with van der Waals surface area (Å²) in [6.45, 7) is 2.12. The number of benzene rings is 2. The number of fused-ring (bicyclic) bond motifs is 3. The standard InChI is InChI=1S/C23H24N2O2S/c1-15-24-19-9-7-17(11-20(19)28-15)22(27)25-18-8-10-21(25)23(13-18,14-26)12-16-5-3-2-4-6-16/h2-7,9,11,18,21,26H,8,10,12-14H2,1H3/t18-,21+,23-/m0/s1. The quantitative estimate of drug-likeness (QED) is 0.724. The molecule has 5 rings (SSSR count). The van der Waals surface area contributed by atoms with Gasteiger partial charge in [0.15, 0.2) is 0 Å². The second-order valence-electron chi connectivity index (χ2n) is 8.26. The van der Waals surface area contributed by atoms with E-state index in [1.807, 2.05) is 43.3 Å². The molecule has 3 heterocycles. The van der Waals surface area contributed by atoms with Crippen molar-refractivity contribution in [2.45, 2.75) is 44.7 Å². The van der Waals surface area contributed by atoms with E-state index in [9.17, 15) is 9.90 Å². The van der Waals surface area contributed by atoms with Crippen LogP contribution in [0, 0.1) is 12.3 Å². The summed E-state index contributed by atoms with van der Waals surface area (Å²) in [6.07, 6.45) is 3.72. The number of rotatable bonds is 4. The molecule has 3 atom stereocenters. The van der Waals surface area contributed by atoms with Crippen molar-refractivity contribution in [1.29, 1.82) is 0 Å². The third-order valence-electron chi connectivity index (χ3n) is 6.54. The van der Waals surface area contributed by atoms with Gasteiger partial charge >= 0.3 is 0 Å². The van der Waals surface area contributed by atoms with Crippen molar-refractivity contribution in [3.63, 3.8) is 0 Å². The first-order chi connectivity index (χ1) is 13.6. The van der Waals surface area contributed by atoms with E-state index in [-0.39, 0.29) is 30.0 Å². The molecule has 2 aliphatic heterocycles. The average Bonchev–Trinajstić information content (AvgIpc) is 3.37. The maximum atomic E-state index is 13.4. The van der Waals surface area contributed by atoms with Gasteiger partial charge in [0.05, 0.1) is 21.8 Å². The monoisotopic (exact) mass is 392 g/mol. The molecule has 3 aromatic rings. The van der Waals surface area contributed by atoms with E-state index in [4.69, 9.17) is 0 Å². The maximum Gasteiger partial charge on any atom is 0.254 e. The molecule has 0 unspecified atom stereocenters. The molecule has 2 saturated heterocycles.